The third-order valence-corrected chi connectivity index (χ3v) is 20.5. The molecule has 0 atom stereocenters. The van der Waals surface area contributed by atoms with Gasteiger partial charge in [-0.1, -0.05) is 249 Å². The van der Waals surface area contributed by atoms with E-state index in [1.165, 1.54) is 6.07 Å². The molecule has 116 heavy (non-hydrogen) atoms. The lowest BCUT2D eigenvalue weighted by Crippen LogP contribution is -2.12. The van der Waals surface area contributed by atoms with E-state index in [4.69, 9.17) is 59.8 Å². The number of halogens is 5. The lowest BCUT2D eigenvalue weighted by molar-refractivity contribution is -0.137. The van der Waals surface area contributed by atoms with E-state index in [1.54, 1.807) is 57.7 Å². The maximum Gasteiger partial charge on any atom is 0.416 e. The van der Waals surface area contributed by atoms with Gasteiger partial charge in [0.2, 0.25) is 0 Å². The number of aromatic nitrogens is 14. The lowest BCUT2D eigenvalue weighted by atomic mass is 9.96. The van der Waals surface area contributed by atoms with E-state index < -0.39 is 28.9 Å². The molecule has 0 unspecified atom stereocenters. The third kappa shape index (κ3) is 12.9. The molecule has 0 aliphatic rings. The molecule has 20 rings (SSSR count). The van der Waals surface area contributed by atoms with Crippen LogP contribution in [-0.2, 0) is 6.18 Å². The van der Waals surface area contributed by atoms with E-state index in [1.807, 2.05) is 267 Å². The van der Waals surface area contributed by atoms with Gasteiger partial charge in [0.25, 0.3) is 0 Å². The second-order valence-electron chi connectivity index (χ2n) is 27.7. The molecule has 0 spiro atoms. The SMILES string of the molecule is Fc1cccc(F)c1-c1c(-n2c3ccc(-c4nc(-c5ccccc5)nc(-c5ccccc5)n4)cc3c3cc(-c4nc(-c5ccccc5)nc(-c5ccccc5)n4)ccc32)cc(C(F)(F)F)cc1-n1c2ccc(-c3nc(-c4ccccc4)nc(-c4ccccc4)n3)cc2c2cc(-c3nc(-c4ccccc4)nc(-c4ccccc4)n3)ccc21. The Morgan fingerprint density at radius 1 is 0.190 bits per heavy atom. The molecule has 6 aromatic heterocycles. The number of hydrogen-bond donors (Lipinski definition) is 0. The van der Waals surface area contributed by atoms with Gasteiger partial charge in [0, 0.05) is 93.9 Å². The number of nitrogens with zero attached hydrogens (tertiary/aromatic N) is 14. The fraction of sp³-hybridized carbons (Fsp3) is 0.0103. The zero-order valence-corrected chi connectivity index (χ0v) is 61.1. The first-order chi connectivity index (χ1) is 56.9. The second kappa shape index (κ2) is 28.9. The van der Waals surface area contributed by atoms with Crippen LogP contribution >= 0.6 is 0 Å². The quantitative estimate of drug-likeness (QED) is 0.0894. The average Bonchev–Trinajstić information content (AvgIpc) is 1.65. The average molecular weight is 1510 g/mol. The molecule has 20 aromatic rings. The van der Waals surface area contributed by atoms with Crippen LogP contribution in [0.15, 0.2) is 346 Å². The third-order valence-electron chi connectivity index (χ3n) is 20.5. The number of hydrogen-bond acceptors (Lipinski definition) is 12. The van der Waals surface area contributed by atoms with Crippen molar-refractivity contribution < 1.29 is 22.0 Å². The minimum atomic E-state index is -5.09. The Bertz CT molecular complexity index is 6170. The summed E-state index contributed by atoms with van der Waals surface area (Å²) in [5.41, 5.74) is 6.84. The molecular weight excluding hydrogens is 1460 g/mol. The van der Waals surface area contributed by atoms with Crippen molar-refractivity contribution in [1.29, 1.82) is 0 Å². The molecule has 0 saturated carbocycles. The summed E-state index contributed by atoms with van der Waals surface area (Å²) in [6.07, 6.45) is -5.09. The van der Waals surface area contributed by atoms with Crippen LogP contribution in [0.4, 0.5) is 22.0 Å². The lowest BCUT2D eigenvalue weighted by Gasteiger charge is -2.23. The van der Waals surface area contributed by atoms with Gasteiger partial charge in [-0.3, -0.25) is 0 Å². The largest absolute Gasteiger partial charge is 0.416 e. The first-order valence-electron chi connectivity index (χ1n) is 37.3. The Balaban J connectivity index is 0.879. The Morgan fingerprint density at radius 2 is 0.379 bits per heavy atom. The zero-order valence-electron chi connectivity index (χ0n) is 61.1. The number of rotatable bonds is 15. The molecule has 0 bridgehead atoms. The van der Waals surface area contributed by atoms with Crippen molar-refractivity contribution in [1.82, 2.24) is 68.9 Å². The van der Waals surface area contributed by atoms with Crippen LogP contribution in [0.25, 0.3) is 203 Å². The van der Waals surface area contributed by atoms with E-state index in [-0.39, 0.29) is 40.2 Å². The van der Waals surface area contributed by atoms with Gasteiger partial charge < -0.3 is 9.13 Å². The van der Waals surface area contributed by atoms with Crippen molar-refractivity contribution in [2.45, 2.75) is 6.18 Å². The summed E-state index contributed by atoms with van der Waals surface area (Å²) in [7, 11) is 0. The van der Waals surface area contributed by atoms with Gasteiger partial charge in [0.1, 0.15) is 11.6 Å². The summed E-state index contributed by atoms with van der Waals surface area (Å²) in [6, 6.07) is 103. The summed E-state index contributed by atoms with van der Waals surface area (Å²) < 4.78 is 90.1. The van der Waals surface area contributed by atoms with Crippen molar-refractivity contribution in [3.8, 4) is 159 Å². The fourth-order valence-electron chi connectivity index (χ4n) is 15.0. The molecule has 0 amide bonds. The molecule has 14 aromatic carbocycles. The van der Waals surface area contributed by atoms with E-state index >= 15 is 22.0 Å². The highest BCUT2D eigenvalue weighted by Crippen LogP contribution is 2.49. The Hall–Kier alpha value is -15.6. The van der Waals surface area contributed by atoms with Crippen molar-refractivity contribution in [2.24, 2.45) is 0 Å². The van der Waals surface area contributed by atoms with Gasteiger partial charge in [-0.25, -0.2) is 68.6 Å². The number of benzene rings is 14. The number of alkyl halides is 3. The van der Waals surface area contributed by atoms with Crippen LogP contribution in [0.2, 0.25) is 0 Å². The first kappa shape index (κ1) is 69.6. The Kier molecular flexibility index (Phi) is 17.3. The van der Waals surface area contributed by atoms with E-state index in [0.717, 1.165) is 68.8 Å². The normalized spacial score (nSPS) is 11.7. The molecule has 550 valence electrons. The Labute approximate surface area is 659 Å². The topological polar surface area (TPSA) is 165 Å². The monoisotopic (exact) mass is 1510 g/mol. The van der Waals surface area contributed by atoms with Crippen LogP contribution < -0.4 is 0 Å². The molecule has 0 radical (unpaired) electrons. The fourth-order valence-corrected chi connectivity index (χ4v) is 15.0. The minimum absolute atomic E-state index is 0.225. The highest BCUT2D eigenvalue weighted by Gasteiger charge is 2.36. The molecule has 0 saturated heterocycles. The Morgan fingerprint density at radius 3 is 0.569 bits per heavy atom. The van der Waals surface area contributed by atoms with E-state index in [0.29, 0.717) is 112 Å². The molecule has 19 heteroatoms. The molecule has 6 heterocycles. The van der Waals surface area contributed by atoms with Gasteiger partial charge in [0.05, 0.1) is 44.6 Å². The summed E-state index contributed by atoms with van der Waals surface area (Å²) in [5, 5.41) is 1.97. The van der Waals surface area contributed by atoms with Gasteiger partial charge >= 0.3 is 6.18 Å². The van der Waals surface area contributed by atoms with Crippen LogP contribution in [0, 0.1) is 11.6 Å². The summed E-state index contributed by atoms with van der Waals surface area (Å²) in [4.78, 5) is 60.9. The highest BCUT2D eigenvalue weighted by atomic mass is 19.4. The van der Waals surface area contributed by atoms with Gasteiger partial charge in [-0.05, 0) is 97.1 Å². The molecule has 0 aliphatic heterocycles. The minimum Gasteiger partial charge on any atom is -0.309 e. The molecule has 0 N–H and O–H groups in total. The second-order valence-corrected chi connectivity index (χ2v) is 27.7. The van der Waals surface area contributed by atoms with Crippen molar-refractivity contribution in [3.63, 3.8) is 0 Å². The zero-order chi connectivity index (χ0) is 78.0. The van der Waals surface area contributed by atoms with Crippen LogP contribution in [0.5, 0.6) is 0 Å². The van der Waals surface area contributed by atoms with Crippen LogP contribution in [-0.4, -0.2) is 68.9 Å². The standard InChI is InChI=1S/C97H57F5N14/c98-75-42-25-43-76(99)83(75)84-81(115-77-48-44-66(93-107-85(58-26-9-1-10-27-58)103-86(108-93)59-28-11-2-12-29-59)52-71(77)72-53-67(45-49-78(72)115)94-109-87(60-30-13-3-14-31-60)104-88(110-94)61-32-15-4-16-33-61)56-70(97(100,101)102)57-82(84)116-79-50-46-68(95-111-89(62-34-17-5-18-35-62)105-90(112-95)63-36-19-6-20-37-63)54-73(79)74-55-69(47-51-80(74)116)96-113-91(64-38-21-7-22-39-64)106-92(114-96)65-40-23-8-24-41-65/h1-57H. The first-order valence-corrected chi connectivity index (χ1v) is 37.3. The van der Waals surface area contributed by atoms with Crippen molar-refractivity contribution in [2.75, 3.05) is 0 Å². The predicted molar refractivity (Wildman–Crippen MR) is 444 cm³/mol. The maximum absolute atomic E-state index is 18.0. The van der Waals surface area contributed by atoms with Crippen LogP contribution in [0.1, 0.15) is 5.56 Å². The van der Waals surface area contributed by atoms with Gasteiger partial charge in [-0.15, -0.1) is 0 Å². The summed E-state index contributed by atoms with van der Waals surface area (Å²) in [5.74, 6) is 2.19. The molecule has 0 aliphatic carbocycles. The highest BCUT2D eigenvalue weighted by molar-refractivity contribution is 6.14. The van der Waals surface area contributed by atoms with Gasteiger partial charge in [-0.2, -0.15) is 13.2 Å². The maximum atomic E-state index is 18.0. The van der Waals surface area contributed by atoms with Crippen LogP contribution in [0.3, 0.4) is 0 Å². The van der Waals surface area contributed by atoms with Crippen molar-refractivity contribution in [3.05, 3.63) is 363 Å². The smallest absolute Gasteiger partial charge is 0.309 e. The summed E-state index contributed by atoms with van der Waals surface area (Å²) in [6.45, 7) is 0. The van der Waals surface area contributed by atoms with E-state index in [9.17, 15) is 0 Å². The predicted octanol–water partition coefficient (Wildman–Crippen LogP) is 23.6. The molecular formula is C97H57F5N14. The van der Waals surface area contributed by atoms with E-state index in [2.05, 4.69) is 0 Å². The summed E-state index contributed by atoms with van der Waals surface area (Å²) >= 11 is 0. The van der Waals surface area contributed by atoms with Gasteiger partial charge in [0.15, 0.2) is 69.9 Å². The molecule has 0 fully saturated rings. The molecule has 14 nitrogen and oxygen atoms in total. The van der Waals surface area contributed by atoms with Crippen molar-refractivity contribution >= 4 is 43.6 Å². The number of fused-ring (bicyclic) bond motifs is 6.